The molecule has 1 aliphatic heterocycles. The summed E-state index contributed by atoms with van der Waals surface area (Å²) in [7, 11) is -3.86. The van der Waals surface area contributed by atoms with E-state index in [1.165, 1.54) is 4.31 Å². The molecule has 5 nitrogen and oxygen atoms in total. The molecule has 1 amide bonds. The quantitative estimate of drug-likeness (QED) is 0.488. The number of anilines is 2. The van der Waals surface area contributed by atoms with Gasteiger partial charge in [0.15, 0.2) is 0 Å². The van der Waals surface area contributed by atoms with Crippen LogP contribution in [0.3, 0.4) is 0 Å². The fraction of sp³-hybridized carbons (Fsp3) is 0.296. The number of hydrogen-bond acceptors (Lipinski definition) is 3. The predicted octanol–water partition coefficient (Wildman–Crippen LogP) is 5.71. The average Bonchev–Trinajstić information content (AvgIpc) is 2.80. The van der Waals surface area contributed by atoms with E-state index in [1.54, 1.807) is 12.1 Å². The molecule has 33 heavy (non-hydrogen) atoms. The summed E-state index contributed by atoms with van der Waals surface area (Å²) in [6, 6.07) is 23.2. The van der Waals surface area contributed by atoms with Crippen molar-refractivity contribution in [1.29, 1.82) is 0 Å². The summed E-state index contributed by atoms with van der Waals surface area (Å²) in [6.45, 7) is 7.71. The van der Waals surface area contributed by atoms with Crippen LogP contribution >= 0.6 is 0 Å². The molecule has 3 aromatic rings. The zero-order valence-corrected chi connectivity index (χ0v) is 20.3. The third-order valence-corrected chi connectivity index (χ3v) is 8.01. The molecule has 0 saturated carbocycles. The molecule has 3 aromatic carbocycles. The van der Waals surface area contributed by atoms with Crippen LogP contribution in [0.1, 0.15) is 44.4 Å². The lowest BCUT2D eigenvalue weighted by molar-refractivity contribution is -0.122. The first kappa shape index (κ1) is 23.1. The number of rotatable bonds is 5. The van der Waals surface area contributed by atoms with Crippen LogP contribution in [0.2, 0.25) is 0 Å². The van der Waals surface area contributed by atoms with E-state index in [4.69, 9.17) is 0 Å². The number of fused-ring (bicyclic) bond motifs is 1. The molecule has 0 bridgehead atoms. The Kier molecular flexibility index (Phi) is 6.30. The molecule has 0 saturated heterocycles. The second kappa shape index (κ2) is 9.02. The number of carbonyl (C=O) groups is 1. The van der Waals surface area contributed by atoms with Gasteiger partial charge in [-0.05, 0) is 56.2 Å². The lowest BCUT2D eigenvalue weighted by Crippen LogP contribution is -2.49. The van der Waals surface area contributed by atoms with E-state index in [2.05, 4.69) is 0 Å². The normalized spacial score (nSPS) is 18.2. The second-order valence-corrected chi connectivity index (χ2v) is 10.8. The summed E-state index contributed by atoms with van der Waals surface area (Å²) in [5.74, 6) is -0.111. The third kappa shape index (κ3) is 4.27. The van der Waals surface area contributed by atoms with Crippen LogP contribution in [0.25, 0.3) is 0 Å². The van der Waals surface area contributed by atoms with E-state index in [0.717, 1.165) is 16.8 Å². The van der Waals surface area contributed by atoms with Gasteiger partial charge in [0.1, 0.15) is 0 Å². The zero-order valence-electron chi connectivity index (χ0n) is 19.5. The largest absolute Gasteiger partial charge is 0.309 e. The van der Waals surface area contributed by atoms with Crippen molar-refractivity contribution in [2.24, 2.45) is 5.92 Å². The number of aryl methyl sites for hydroxylation is 1. The van der Waals surface area contributed by atoms with Gasteiger partial charge in [-0.15, -0.1) is 0 Å². The number of amides is 1. The minimum Gasteiger partial charge on any atom is -0.309 e. The Hall–Kier alpha value is -3.12. The summed E-state index contributed by atoms with van der Waals surface area (Å²) in [5.41, 5.74) is 3.22. The molecule has 6 heteroatoms. The van der Waals surface area contributed by atoms with Crippen LogP contribution in [-0.2, 0) is 14.8 Å². The number of para-hydroxylation sites is 2. The van der Waals surface area contributed by atoms with Crippen molar-refractivity contribution in [3.05, 3.63) is 90.0 Å². The van der Waals surface area contributed by atoms with E-state index >= 15 is 0 Å². The van der Waals surface area contributed by atoms with Crippen LogP contribution in [0, 0.1) is 12.8 Å². The van der Waals surface area contributed by atoms with E-state index in [1.807, 2.05) is 99.3 Å². The Bertz CT molecular complexity index is 1240. The summed E-state index contributed by atoms with van der Waals surface area (Å²) in [4.78, 5) is 15.1. The highest BCUT2D eigenvalue weighted by Crippen LogP contribution is 2.44. The Morgan fingerprint density at radius 2 is 1.55 bits per heavy atom. The number of carbonyl (C=O) groups excluding carboxylic acids is 1. The van der Waals surface area contributed by atoms with Gasteiger partial charge in [-0.25, -0.2) is 8.42 Å². The molecule has 0 N–H and O–H groups in total. The van der Waals surface area contributed by atoms with Crippen molar-refractivity contribution in [2.45, 2.75) is 51.1 Å². The highest BCUT2D eigenvalue weighted by Gasteiger charge is 2.41. The van der Waals surface area contributed by atoms with Crippen molar-refractivity contribution in [1.82, 2.24) is 0 Å². The first-order valence-electron chi connectivity index (χ1n) is 11.3. The maximum atomic E-state index is 14.0. The Labute approximate surface area is 196 Å². The number of nitrogens with zero attached hydrogens (tertiary/aromatic N) is 2. The van der Waals surface area contributed by atoms with E-state index in [9.17, 15) is 13.2 Å². The maximum absolute atomic E-state index is 14.0. The number of benzene rings is 3. The fourth-order valence-electron chi connectivity index (χ4n) is 4.50. The van der Waals surface area contributed by atoms with Gasteiger partial charge < -0.3 is 4.90 Å². The molecule has 1 aliphatic rings. The van der Waals surface area contributed by atoms with Crippen molar-refractivity contribution in [3.8, 4) is 0 Å². The highest BCUT2D eigenvalue weighted by molar-refractivity contribution is 7.92. The van der Waals surface area contributed by atoms with Crippen LogP contribution in [0.5, 0.6) is 0 Å². The van der Waals surface area contributed by atoms with Crippen molar-refractivity contribution in [2.75, 3.05) is 9.21 Å². The van der Waals surface area contributed by atoms with Gasteiger partial charge in [-0.3, -0.25) is 9.10 Å². The van der Waals surface area contributed by atoms with Crippen LogP contribution in [-0.4, -0.2) is 20.4 Å². The van der Waals surface area contributed by atoms with Gasteiger partial charge in [-0.1, -0.05) is 67.9 Å². The maximum Gasteiger partial charge on any atom is 0.264 e. The molecular formula is C27H30N2O3S. The molecule has 2 atom stereocenters. The van der Waals surface area contributed by atoms with Crippen LogP contribution in [0.15, 0.2) is 83.8 Å². The smallest absolute Gasteiger partial charge is 0.264 e. The Morgan fingerprint density at radius 1 is 0.939 bits per heavy atom. The lowest BCUT2D eigenvalue weighted by Gasteiger charge is -2.44. The van der Waals surface area contributed by atoms with Crippen molar-refractivity contribution >= 4 is 27.3 Å². The van der Waals surface area contributed by atoms with Gasteiger partial charge in [-0.2, -0.15) is 0 Å². The third-order valence-electron chi connectivity index (χ3n) is 6.16. The van der Waals surface area contributed by atoms with Crippen LogP contribution in [0.4, 0.5) is 11.4 Å². The Morgan fingerprint density at radius 3 is 2.18 bits per heavy atom. The standard InChI is InChI=1S/C27H30N2O3S/c1-19(2)27(30)28-21(4)18-26(24-12-8-9-13-25(24)28)29(22-10-6-5-7-11-22)33(31,32)23-16-14-20(3)15-17-23/h5-17,19,21,26H,18H2,1-4H3/t21-,26+/m0/s1. The van der Waals surface area contributed by atoms with Crippen molar-refractivity contribution in [3.63, 3.8) is 0 Å². The summed E-state index contributed by atoms with van der Waals surface area (Å²) < 4.78 is 29.6. The fourth-order valence-corrected chi connectivity index (χ4v) is 6.14. The van der Waals surface area contributed by atoms with E-state index in [0.29, 0.717) is 12.1 Å². The molecule has 4 rings (SSSR count). The molecule has 1 heterocycles. The van der Waals surface area contributed by atoms with Crippen molar-refractivity contribution < 1.29 is 13.2 Å². The molecule has 0 radical (unpaired) electrons. The van der Waals surface area contributed by atoms with Gasteiger partial charge in [0, 0.05) is 17.6 Å². The predicted molar refractivity (Wildman–Crippen MR) is 133 cm³/mol. The topological polar surface area (TPSA) is 57.7 Å². The van der Waals surface area contributed by atoms with E-state index < -0.39 is 16.1 Å². The van der Waals surface area contributed by atoms with Gasteiger partial charge >= 0.3 is 0 Å². The molecule has 0 aromatic heterocycles. The summed E-state index contributed by atoms with van der Waals surface area (Å²) in [5, 5.41) is 0. The van der Waals surface area contributed by atoms with Gasteiger partial charge in [0.2, 0.25) is 5.91 Å². The second-order valence-electron chi connectivity index (χ2n) is 8.97. The minimum atomic E-state index is -3.86. The summed E-state index contributed by atoms with van der Waals surface area (Å²) in [6.07, 6.45) is 0.495. The molecule has 0 aliphatic carbocycles. The zero-order chi connectivity index (χ0) is 23.8. The van der Waals surface area contributed by atoms with Gasteiger partial charge in [0.05, 0.1) is 16.6 Å². The minimum absolute atomic E-state index is 0.0426. The Balaban J connectivity index is 1.90. The lowest BCUT2D eigenvalue weighted by atomic mass is 9.90. The SMILES string of the molecule is Cc1ccc(S(=O)(=O)N(c2ccccc2)[C@@H]2C[C@H](C)N(C(=O)C(C)C)c3ccccc32)cc1. The molecule has 0 spiro atoms. The first-order valence-corrected chi connectivity index (χ1v) is 12.7. The molecule has 0 fully saturated rings. The van der Waals surface area contributed by atoms with E-state index in [-0.39, 0.29) is 22.8 Å². The molecule has 172 valence electrons. The summed E-state index contributed by atoms with van der Waals surface area (Å²) >= 11 is 0. The molecule has 0 unspecified atom stereocenters. The number of hydrogen-bond donors (Lipinski definition) is 0. The average molecular weight is 463 g/mol. The molecular weight excluding hydrogens is 432 g/mol. The van der Waals surface area contributed by atoms with Crippen LogP contribution < -0.4 is 9.21 Å². The van der Waals surface area contributed by atoms with Gasteiger partial charge in [0.25, 0.3) is 10.0 Å². The number of sulfonamides is 1. The monoisotopic (exact) mass is 462 g/mol. The first-order chi connectivity index (χ1) is 15.7. The highest BCUT2D eigenvalue weighted by atomic mass is 32.2.